The fourth-order valence-electron chi connectivity index (χ4n) is 4.22. The predicted molar refractivity (Wildman–Crippen MR) is 122 cm³/mol. The molecule has 0 spiro atoms. The Kier molecular flexibility index (Phi) is 7.15. The quantitative estimate of drug-likeness (QED) is 0.587. The highest BCUT2D eigenvalue weighted by Gasteiger charge is 2.37. The maximum atomic E-state index is 13.1. The summed E-state index contributed by atoms with van der Waals surface area (Å²) in [5.41, 5.74) is 4.24. The summed E-state index contributed by atoms with van der Waals surface area (Å²) < 4.78 is 5.31. The Hall–Kier alpha value is -2.67. The molecule has 166 valence electrons. The van der Waals surface area contributed by atoms with E-state index < -0.39 is 23.8 Å². The molecule has 2 N–H and O–H groups in total. The van der Waals surface area contributed by atoms with E-state index in [1.807, 2.05) is 39.0 Å². The van der Waals surface area contributed by atoms with Crippen molar-refractivity contribution in [1.82, 2.24) is 0 Å². The highest BCUT2D eigenvalue weighted by Crippen LogP contribution is 2.42. The van der Waals surface area contributed by atoms with E-state index in [1.165, 1.54) is 11.3 Å². The first-order valence-corrected chi connectivity index (χ1v) is 11.5. The number of amides is 1. The molecule has 1 aliphatic rings. The monoisotopic (exact) mass is 443 g/mol. The summed E-state index contributed by atoms with van der Waals surface area (Å²) in [5, 5.41) is 12.8. The first kappa shape index (κ1) is 23.0. The van der Waals surface area contributed by atoms with Gasteiger partial charge in [0.2, 0.25) is 5.91 Å². The van der Waals surface area contributed by atoms with E-state index in [4.69, 9.17) is 4.74 Å². The van der Waals surface area contributed by atoms with Crippen molar-refractivity contribution in [2.24, 2.45) is 11.8 Å². The Bertz CT molecular complexity index is 1010. The molecule has 1 aliphatic carbocycles. The molecule has 0 saturated heterocycles. The minimum Gasteiger partial charge on any atom is -0.481 e. The van der Waals surface area contributed by atoms with Crippen LogP contribution in [0.1, 0.15) is 59.0 Å². The lowest BCUT2D eigenvalue weighted by molar-refractivity contribution is -0.147. The van der Waals surface area contributed by atoms with Crippen LogP contribution >= 0.6 is 11.3 Å². The zero-order chi connectivity index (χ0) is 22.7. The van der Waals surface area contributed by atoms with Gasteiger partial charge in [-0.3, -0.25) is 9.59 Å². The highest BCUT2D eigenvalue weighted by atomic mass is 32.1. The van der Waals surface area contributed by atoms with Crippen LogP contribution in [-0.4, -0.2) is 29.6 Å². The van der Waals surface area contributed by atoms with Gasteiger partial charge in [-0.2, -0.15) is 0 Å². The van der Waals surface area contributed by atoms with Crippen molar-refractivity contribution in [3.8, 4) is 11.1 Å². The summed E-state index contributed by atoms with van der Waals surface area (Å²) >= 11 is 1.32. The van der Waals surface area contributed by atoms with Gasteiger partial charge >= 0.3 is 11.9 Å². The lowest BCUT2D eigenvalue weighted by atomic mass is 9.78. The summed E-state index contributed by atoms with van der Waals surface area (Å²) in [6.07, 6.45) is 2.66. The summed E-state index contributed by atoms with van der Waals surface area (Å²) in [5.74, 6) is -3.07. The Morgan fingerprint density at radius 2 is 1.77 bits per heavy atom. The molecule has 0 aliphatic heterocycles. The molecule has 1 amide bonds. The Labute approximate surface area is 186 Å². The van der Waals surface area contributed by atoms with Gasteiger partial charge in [0.25, 0.3) is 0 Å². The lowest BCUT2D eigenvalue weighted by Crippen LogP contribution is -2.36. The van der Waals surface area contributed by atoms with Gasteiger partial charge in [-0.05, 0) is 57.2 Å². The van der Waals surface area contributed by atoms with Gasteiger partial charge in [0.05, 0.1) is 18.4 Å². The second-order valence-corrected chi connectivity index (χ2v) is 9.31. The topological polar surface area (TPSA) is 92.7 Å². The van der Waals surface area contributed by atoms with Crippen molar-refractivity contribution in [2.75, 3.05) is 11.9 Å². The zero-order valence-corrected chi connectivity index (χ0v) is 19.2. The van der Waals surface area contributed by atoms with Crippen LogP contribution in [0.15, 0.2) is 18.2 Å². The summed E-state index contributed by atoms with van der Waals surface area (Å²) in [4.78, 5) is 38.5. The highest BCUT2D eigenvalue weighted by molar-refractivity contribution is 7.17. The van der Waals surface area contributed by atoms with Crippen molar-refractivity contribution in [3.63, 3.8) is 0 Å². The van der Waals surface area contributed by atoms with Crippen LogP contribution in [0.25, 0.3) is 11.1 Å². The number of ether oxygens (including phenoxy) is 1. The Morgan fingerprint density at radius 3 is 2.39 bits per heavy atom. The molecule has 1 fully saturated rings. The van der Waals surface area contributed by atoms with Gasteiger partial charge in [0.15, 0.2) is 0 Å². The molecular weight excluding hydrogens is 414 g/mol. The minimum absolute atomic E-state index is 0.219. The van der Waals surface area contributed by atoms with Crippen LogP contribution in [-0.2, 0) is 14.3 Å². The molecule has 1 heterocycles. The van der Waals surface area contributed by atoms with Crippen molar-refractivity contribution in [1.29, 1.82) is 0 Å². The number of carbonyl (C=O) groups excluding carboxylic acids is 2. The largest absolute Gasteiger partial charge is 0.481 e. The first-order valence-electron chi connectivity index (χ1n) is 10.7. The fourth-order valence-corrected chi connectivity index (χ4v) is 5.29. The molecule has 0 radical (unpaired) electrons. The first-order chi connectivity index (χ1) is 14.7. The normalized spacial score (nSPS) is 18.5. The van der Waals surface area contributed by atoms with Crippen LogP contribution in [0.2, 0.25) is 0 Å². The molecule has 6 nitrogen and oxygen atoms in total. The molecule has 2 atom stereocenters. The molecule has 2 unspecified atom stereocenters. The van der Waals surface area contributed by atoms with Crippen LogP contribution in [0.3, 0.4) is 0 Å². The molecule has 0 bridgehead atoms. The van der Waals surface area contributed by atoms with Gasteiger partial charge in [-0.15, -0.1) is 11.3 Å². The SMILES string of the molecule is CCOC(=O)c1c(NC(=O)C2CCCCC2C(=O)O)sc(C)c1-c1ccc(C)c(C)c1. The third-order valence-electron chi connectivity index (χ3n) is 6.02. The van der Waals surface area contributed by atoms with Gasteiger partial charge in [0, 0.05) is 10.4 Å². The van der Waals surface area contributed by atoms with E-state index >= 15 is 0 Å². The summed E-state index contributed by atoms with van der Waals surface area (Å²) in [7, 11) is 0. The van der Waals surface area contributed by atoms with Crippen LogP contribution in [0.4, 0.5) is 5.00 Å². The number of aryl methyl sites for hydroxylation is 3. The number of carboxylic acids is 1. The van der Waals surface area contributed by atoms with E-state index in [-0.39, 0.29) is 12.5 Å². The number of esters is 1. The number of benzene rings is 1. The van der Waals surface area contributed by atoms with E-state index in [9.17, 15) is 19.5 Å². The maximum Gasteiger partial charge on any atom is 0.341 e. The molecule has 2 aromatic rings. The van der Waals surface area contributed by atoms with Crippen molar-refractivity contribution in [3.05, 3.63) is 39.8 Å². The van der Waals surface area contributed by atoms with Gasteiger partial charge in [0.1, 0.15) is 10.6 Å². The van der Waals surface area contributed by atoms with Crippen molar-refractivity contribution >= 4 is 34.2 Å². The van der Waals surface area contributed by atoms with Crippen molar-refractivity contribution < 1.29 is 24.2 Å². The number of thiophene rings is 1. The third-order valence-corrected chi connectivity index (χ3v) is 7.04. The number of rotatable bonds is 6. The number of carboxylic acid groups (broad SMARTS) is 1. The second kappa shape index (κ2) is 9.64. The molecule has 31 heavy (non-hydrogen) atoms. The number of nitrogens with one attached hydrogen (secondary N) is 1. The third kappa shape index (κ3) is 4.82. The number of hydrogen-bond acceptors (Lipinski definition) is 5. The molecule has 1 aromatic heterocycles. The van der Waals surface area contributed by atoms with Crippen LogP contribution in [0.5, 0.6) is 0 Å². The second-order valence-electron chi connectivity index (χ2n) is 8.08. The van der Waals surface area contributed by atoms with E-state index in [1.54, 1.807) is 6.92 Å². The molecule has 7 heteroatoms. The van der Waals surface area contributed by atoms with Crippen LogP contribution in [0, 0.1) is 32.6 Å². The van der Waals surface area contributed by atoms with Gasteiger partial charge in [-0.25, -0.2) is 4.79 Å². The van der Waals surface area contributed by atoms with Crippen molar-refractivity contribution in [2.45, 2.75) is 53.4 Å². The zero-order valence-electron chi connectivity index (χ0n) is 18.4. The number of anilines is 1. The fraction of sp³-hybridized carbons (Fsp3) is 0.458. The lowest BCUT2D eigenvalue weighted by Gasteiger charge is -2.27. The Morgan fingerprint density at radius 1 is 1.10 bits per heavy atom. The van der Waals surface area contributed by atoms with Gasteiger partial charge in [-0.1, -0.05) is 31.0 Å². The average molecular weight is 444 g/mol. The van der Waals surface area contributed by atoms with E-state index in [0.29, 0.717) is 23.4 Å². The smallest absolute Gasteiger partial charge is 0.341 e. The molecule has 1 saturated carbocycles. The van der Waals surface area contributed by atoms with E-state index in [2.05, 4.69) is 5.32 Å². The summed E-state index contributed by atoms with van der Waals surface area (Å²) in [6, 6.07) is 6.00. The predicted octanol–water partition coefficient (Wildman–Crippen LogP) is 5.35. The minimum atomic E-state index is -0.941. The summed E-state index contributed by atoms with van der Waals surface area (Å²) in [6.45, 7) is 7.92. The molecule has 3 rings (SSSR count). The number of hydrogen-bond donors (Lipinski definition) is 2. The number of carbonyl (C=O) groups is 3. The van der Waals surface area contributed by atoms with E-state index in [0.717, 1.165) is 40.0 Å². The molecule has 1 aromatic carbocycles. The average Bonchev–Trinajstić information content (AvgIpc) is 3.05. The van der Waals surface area contributed by atoms with Gasteiger partial charge < -0.3 is 15.2 Å². The Balaban J connectivity index is 2.02. The van der Waals surface area contributed by atoms with Crippen LogP contribution < -0.4 is 5.32 Å². The molecular formula is C24H29NO5S. The number of aliphatic carboxylic acids is 1. The standard InChI is InChI=1S/C24H29NO5S/c1-5-30-24(29)20-19(16-11-10-13(2)14(3)12-16)15(4)31-22(20)25-21(26)17-8-6-7-9-18(17)23(27)28/h10-12,17-18H,5-9H2,1-4H3,(H,25,26)(H,27,28). The maximum absolute atomic E-state index is 13.1.